The molecule has 0 aliphatic carbocycles. The Labute approximate surface area is 288 Å². The first-order valence-corrected chi connectivity index (χ1v) is 15.9. The lowest BCUT2D eigenvalue weighted by Gasteiger charge is -2.32. The standard InChI is InChI=1S/C12H24B2O4.C11H16BClN2O2.C5H4BrClN2.CH4/c1-9(2)10(3,4)16-13(15-9)14-17-11(5,6)12(7,8)18-14;1-10(2)11(3,4)17-12(16-10)7-5-8(14)9(13)15-6-7;6-3-1-4(8)5(7)9-2-3;/h1-8H3;5-6H,14H2,1-4H3;1-2H,8H2;1H4. The maximum atomic E-state index is 5.96. The van der Waals surface area contributed by atoms with Crippen LogP contribution in [0.5, 0.6) is 0 Å². The lowest BCUT2D eigenvalue weighted by molar-refractivity contribution is 0.00578. The molecule has 0 saturated carbocycles. The molecule has 10 nitrogen and oxygen atoms in total. The second-order valence-electron chi connectivity index (χ2n) is 14.0. The number of anilines is 2. The average Bonchev–Trinajstić information content (AvgIpc) is 3.33. The number of hydrogen-bond donors (Lipinski definition) is 2. The van der Waals surface area contributed by atoms with E-state index in [0.29, 0.717) is 21.7 Å². The second kappa shape index (κ2) is 13.8. The van der Waals surface area contributed by atoms with Crippen molar-refractivity contribution in [3.8, 4) is 0 Å². The van der Waals surface area contributed by atoms with Gasteiger partial charge in [-0.05, 0) is 111 Å². The normalized spacial score (nSPS) is 23.0. The fraction of sp³-hybridized carbons (Fsp3) is 0.655. The Bertz CT molecular complexity index is 1270. The van der Waals surface area contributed by atoms with Crippen LogP contribution in [0.15, 0.2) is 29.0 Å². The second-order valence-corrected chi connectivity index (χ2v) is 15.7. The molecule has 0 unspecified atom stereocenters. The summed E-state index contributed by atoms with van der Waals surface area (Å²) < 4.78 is 36.5. The molecule has 16 heteroatoms. The molecule has 5 rings (SSSR count). The van der Waals surface area contributed by atoms with Crippen LogP contribution in [0.2, 0.25) is 10.3 Å². The third-order valence-corrected chi connectivity index (χ3v) is 10.1. The van der Waals surface area contributed by atoms with Crippen LogP contribution in [0.3, 0.4) is 0 Å². The van der Waals surface area contributed by atoms with Crippen molar-refractivity contribution in [2.75, 3.05) is 11.5 Å². The molecule has 250 valence electrons. The van der Waals surface area contributed by atoms with Gasteiger partial charge in [0.15, 0.2) is 10.3 Å². The van der Waals surface area contributed by atoms with E-state index in [1.54, 1.807) is 24.5 Å². The monoisotopic (exact) mass is 730 g/mol. The molecule has 3 aliphatic rings. The fourth-order valence-corrected chi connectivity index (χ4v) is 4.58. The topological polar surface area (TPSA) is 133 Å². The van der Waals surface area contributed by atoms with Gasteiger partial charge >= 0.3 is 21.1 Å². The van der Waals surface area contributed by atoms with Gasteiger partial charge < -0.3 is 39.4 Å². The van der Waals surface area contributed by atoms with E-state index < -0.39 is 21.1 Å². The molecule has 0 atom stereocenters. The highest BCUT2D eigenvalue weighted by Crippen LogP contribution is 2.43. The largest absolute Gasteiger partial charge is 0.496 e. The summed E-state index contributed by atoms with van der Waals surface area (Å²) in [7, 11) is -1.40. The number of hydrogen-bond acceptors (Lipinski definition) is 10. The minimum absolute atomic E-state index is 0. The summed E-state index contributed by atoms with van der Waals surface area (Å²) in [6, 6.07) is 3.44. The van der Waals surface area contributed by atoms with Crippen molar-refractivity contribution in [2.45, 2.75) is 124 Å². The van der Waals surface area contributed by atoms with Crippen LogP contribution in [0, 0.1) is 0 Å². The van der Waals surface area contributed by atoms with Crippen LogP contribution in [-0.4, -0.2) is 64.7 Å². The number of nitrogen functional groups attached to an aromatic ring is 2. The summed E-state index contributed by atoms with van der Waals surface area (Å²) in [5.74, 6) is 0. The Morgan fingerprint density at radius 2 is 0.889 bits per heavy atom. The van der Waals surface area contributed by atoms with Gasteiger partial charge in [-0.15, -0.1) is 0 Å². The number of aromatic nitrogens is 2. The van der Waals surface area contributed by atoms with Crippen LogP contribution < -0.4 is 16.9 Å². The molecule has 0 amide bonds. The molecular weight excluding hydrogens is 684 g/mol. The van der Waals surface area contributed by atoms with Crippen molar-refractivity contribution in [3.05, 3.63) is 39.3 Å². The molecule has 0 bridgehead atoms. The minimum Gasteiger partial charge on any atom is -0.405 e. The van der Waals surface area contributed by atoms with E-state index in [9.17, 15) is 0 Å². The van der Waals surface area contributed by atoms with Crippen LogP contribution in [0.4, 0.5) is 11.4 Å². The Hall–Kier alpha value is -1.09. The predicted octanol–water partition coefficient (Wildman–Crippen LogP) is 6.58. The summed E-state index contributed by atoms with van der Waals surface area (Å²) in [5.41, 5.74) is 10.6. The van der Waals surface area contributed by atoms with Gasteiger partial charge in [-0.25, -0.2) is 9.97 Å². The number of nitrogens with two attached hydrogens (primary N) is 2. The summed E-state index contributed by atoms with van der Waals surface area (Å²) >= 11 is 14.5. The first-order valence-electron chi connectivity index (χ1n) is 14.4. The van der Waals surface area contributed by atoms with Crippen molar-refractivity contribution in [2.24, 2.45) is 0 Å². The highest BCUT2D eigenvalue weighted by molar-refractivity contribution is 9.10. The van der Waals surface area contributed by atoms with E-state index in [1.807, 2.05) is 83.1 Å². The summed E-state index contributed by atoms with van der Waals surface area (Å²) in [6.07, 6.45) is 3.22. The average molecular weight is 732 g/mol. The van der Waals surface area contributed by atoms with Crippen LogP contribution in [0.25, 0.3) is 0 Å². The molecule has 0 radical (unpaired) electrons. The minimum atomic E-state index is -0.476. The molecule has 2 aromatic rings. The van der Waals surface area contributed by atoms with Gasteiger partial charge in [0.1, 0.15) is 0 Å². The lowest BCUT2D eigenvalue weighted by atomic mass is 9.49. The number of nitrogens with zero attached hydrogens (tertiary/aromatic N) is 2. The van der Waals surface area contributed by atoms with Gasteiger partial charge in [0.25, 0.3) is 0 Å². The Balaban J connectivity index is 0.000000245. The van der Waals surface area contributed by atoms with Gasteiger partial charge in [0, 0.05) is 22.3 Å². The Morgan fingerprint density at radius 1 is 0.578 bits per heavy atom. The maximum absolute atomic E-state index is 5.96. The van der Waals surface area contributed by atoms with Crippen LogP contribution in [-0.2, 0) is 27.9 Å². The van der Waals surface area contributed by atoms with Crippen molar-refractivity contribution < 1.29 is 27.9 Å². The van der Waals surface area contributed by atoms with Gasteiger partial charge in [-0.2, -0.15) is 0 Å². The Kier molecular flexibility index (Phi) is 12.3. The van der Waals surface area contributed by atoms with Crippen molar-refractivity contribution in [1.29, 1.82) is 0 Å². The molecule has 3 aliphatic heterocycles. The molecule has 45 heavy (non-hydrogen) atoms. The predicted molar refractivity (Wildman–Crippen MR) is 190 cm³/mol. The van der Waals surface area contributed by atoms with Crippen molar-refractivity contribution >= 4 is 77.1 Å². The fourth-order valence-electron chi connectivity index (χ4n) is 4.03. The van der Waals surface area contributed by atoms with Crippen LogP contribution >= 0.6 is 39.1 Å². The van der Waals surface area contributed by atoms with Crippen LogP contribution in [0.1, 0.15) is 90.5 Å². The first kappa shape index (κ1) is 40.1. The van der Waals surface area contributed by atoms with Crippen molar-refractivity contribution in [1.82, 2.24) is 9.97 Å². The molecule has 3 saturated heterocycles. The molecule has 0 aromatic carbocycles. The summed E-state index contributed by atoms with van der Waals surface area (Å²) in [5, 5.41) is 0.642. The third-order valence-electron chi connectivity index (χ3n) is 9.01. The quantitative estimate of drug-likeness (QED) is 0.258. The van der Waals surface area contributed by atoms with E-state index in [0.717, 1.165) is 9.94 Å². The number of rotatable bonds is 2. The number of halogens is 3. The zero-order valence-corrected chi connectivity index (χ0v) is 30.8. The summed E-state index contributed by atoms with van der Waals surface area (Å²) in [4.78, 5) is 7.77. The van der Waals surface area contributed by atoms with Gasteiger partial charge in [-0.3, -0.25) is 0 Å². The van der Waals surface area contributed by atoms with Gasteiger partial charge in [-0.1, -0.05) is 30.6 Å². The van der Waals surface area contributed by atoms with E-state index in [1.165, 1.54) is 0 Å². The third kappa shape index (κ3) is 8.89. The highest BCUT2D eigenvalue weighted by Gasteiger charge is 2.63. The first-order chi connectivity index (χ1) is 19.8. The zero-order chi connectivity index (χ0) is 33.7. The molecule has 2 aromatic heterocycles. The molecular formula is C29H48B3BrCl2N4O6. The van der Waals surface area contributed by atoms with E-state index in [2.05, 4.69) is 25.9 Å². The molecule has 3 fully saturated rings. The zero-order valence-electron chi connectivity index (χ0n) is 27.7. The van der Waals surface area contributed by atoms with E-state index in [-0.39, 0.29) is 41.0 Å². The van der Waals surface area contributed by atoms with E-state index >= 15 is 0 Å². The number of pyridine rings is 2. The maximum Gasteiger partial charge on any atom is 0.496 e. The van der Waals surface area contributed by atoms with E-state index in [4.69, 9.17) is 62.6 Å². The van der Waals surface area contributed by atoms with Gasteiger partial charge in [0.2, 0.25) is 0 Å². The molecule has 4 N–H and O–H groups in total. The van der Waals surface area contributed by atoms with Crippen molar-refractivity contribution in [3.63, 3.8) is 0 Å². The molecule has 0 spiro atoms. The van der Waals surface area contributed by atoms with Gasteiger partial charge in [0.05, 0.1) is 45.0 Å². The molecule has 5 heterocycles. The highest BCUT2D eigenvalue weighted by atomic mass is 79.9. The lowest BCUT2D eigenvalue weighted by Crippen LogP contribution is -2.41. The Morgan fingerprint density at radius 3 is 1.20 bits per heavy atom. The smallest absolute Gasteiger partial charge is 0.405 e. The summed E-state index contributed by atoms with van der Waals surface area (Å²) in [6.45, 7) is 24.2. The SMILES string of the molecule is C.CC1(C)OB(B2OC(C)(C)C(C)(C)O2)OC1(C)C.CC1(C)OB(c2cnc(Cl)c(N)c2)OC1(C)C.Nc1cc(Br)cnc1Cl.